The van der Waals surface area contributed by atoms with Crippen molar-refractivity contribution in [3.05, 3.63) is 0 Å². The van der Waals surface area contributed by atoms with E-state index < -0.39 is 5.97 Å². The van der Waals surface area contributed by atoms with Crippen LogP contribution in [0.25, 0.3) is 0 Å². The van der Waals surface area contributed by atoms with Crippen molar-refractivity contribution in [3.8, 4) is 0 Å². The predicted molar refractivity (Wildman–Crippen MR) is 51.7 cm³/mol. The lowest BCUT2D eigenvalue weighted by Crippen LogP contribution is -2.39. The van der Waals surface area contributed by atoms with Gasteiger partial charge in [0.25, 0.3) is 0 Å². The van der Waals surface area contributed by atoms with Crippen LogP contribution < -0.4 is 5.32 Å². The summed E-state index contributed by atoms with van der Waals surface area (Å²) in [4.78, 5) is 10.2. The van der Waals surface area contributed by atoms with E-state index in [0.29, 0.717) is 12.0 Å². The largest absolute Gasteiger partial charge is 0.481 e. The summed E-state index contributed by atoms with van der Waals surface area (Å²) in [5, 5.41) is 11.7. The first-order valence-corrected chi connectivity index (χ1v) is 5.11. The maximum absolute atomic E-state index is 10.2. The Morgan fingerprint density at radius 2 is 2.23 bits per heavy atom. The molecule has 3 nitrogen and oxygen atoms in total. The first kappa shape index (κ1) is 10.5. The minimum Gasteiger partial charge on any atom is -0.481 e. The molecule has 0 aromatic carbocycles. The Labute approximate surface area is 79.5 Å². The molecule has 0 aromatic rings. The first-order valence-electron chi connectivity index (χ1n) is 5.11. The highest BCUT2D eigenvalue weighted by molar-refractivity contribution is 5.66. The molecular weight excluding hydrogens is 166 g/mol. The second kappa shape index (κ2) is 4.61. The molecule has 0 radical (unpaired) electrons. The molecule has 1 aliphatic rings. The lowest BCUT2D eigenvalue weighted by Gasteiger charge is -2.41. The lowest BCUT2D eigenvalue weighted by atomic mass is 9.67. The summed E-state index contributed by atoms with van der Waals surface area (Å²) in [7, 11) is 0. The summed E-state index contributed by atoms with van der Waals surface area (Å²) < 4.78 is 0. The van der Waals surface area contributed by atoms with E-state index >= 15 is 0 Å². The summed E-state index contributed by atoms with van der Waals surface area (Å²) >= 11 is 0. The minimum atomic E-state index is -0.716. The van der Waals surface area contributed by atoms with E-state index in [4.69, 9.17) is 5.11 Å². The fourth-order valence-corrected chi connectivity index (χ4v) is 1.88. The second-order valence-electron chi connectivity index (χ2n) is 4.03. The van der Waals surface area contributed by atoms with Gasteiger partial charge in [-0.2, -0.15) is 0 Å². The smallest absolute Gasteiger partial charge is 0.304 e. The highest BCUT2D eigenvalue weighted by atomic mass is 16.4. The Hall–Kier alpha value is -0.570. The summed E-state index contributed by atoms with van der Waals surface area (Å²) in [5.41, 5.74) is 0.499. The van der Waals surface area contributed by atoms with Crippen LogP contribution in [0.1, 0.15) is 39.0 Å². The van der Waals surface area contributed by atoms with Gasteiger partial charge in [0.15, 0.2) is 0 Å². The van der Waals surface area contributed by atoms with Gasteiger partial charge in [-0.1, -0.05) is 13.3 Å². The molecule has 13 heavy (non-hydrogen) atoms. The van der Waals surface area contributed by atoms with Crippen LogP contribution in [-0.4, -0.2) is 24.2 Å². The fraction of sp³-hybridized carbons (Fsp3) is 0.900. The number of rotatable bonds is 6. The maximum Gasteiger partial charge on any atom is 0.304 e. The summed E-state index contributed by atoms with van der Waals surface area (Å²) in [6.07, 6.45) is 5.41. The normalized spacial score (nSPS) is 19.5. The van der Waals surface area contributed by atoms with Crippen LogP contribution in [0.2, 0.25) is 0 Å². The molecule has 0 saturated heterocycles. The van der Waals surface area contributed by atoms with Crippen molar-refractivity contribution in [1.29, 1.82) is 0 Å². The van der Waals surface area contributed by atoms with Crippen molar-refractivity contribution in [2.45, 2.75) is 39.0 Å². The maximum atomic E-state index is 10.2. The van der Waals surface area contributed by atoms with Gasteiger partial charge < -0.3 is 10.4 Å². The molecule has 1 fully saturated rings. The highest BCUT2D eigenvalue weighted by Gasteiger charge is 2.34. The van der Waals surface area contributed by atoms with Gasteiger partial charge in [0.05, 0.1) is 6.42 Å². The summed E-state index contributed by atoms with van der Waals surface area (Å²) in [6, 6.07) is 0. The average molecular weight is 185 g/mol. The molecule has 0 bridgehead atoms. The van der Waals surface area contributed by atoms with E-state index in [1.54, 1.807) is 0 Å². The third-order valence-corrected chi connectivity index (χ3v) is 3.18. The Morgan fingerprint density at radius 3 is 2.62 bits per heavy atom. The summed E-state index contributed by atoms with van der Waals surface area (Å²) in [5.74, 6) is -0.716. The van der Waals surface area contributed by atoms with Gasteiger partial charge in [-0.25, -0.2) is 0 Å². The van der Waals surface area contributed by atoms with Gasteiger partial charge in [-0.3, -0.25) is 4.79 Å². The van der Waals surface area contributed by atoms with Crippen molar-refractivity contribution < 1.29 is 9.90 Å². The zero-order valence-electron chi connectivity index (χ0n) is 8.31. The molecular formula is C10H19NO2. The van der Waals surface area contributed by atoms with Gasteiger partial charge in [0.1, 0.15) is 0 Å². The van der Waals surface area contributed by atoms with Gasteiger partial charge in [-0.05, 0) is 24.7 Å². The van der Waals surface area contributed by atoms with E-state index in [0.717, 1.165) is 6.54 Å². The van der Waals surface area contributed by atoms with Gasteiger partial charge in [-0.15, -0.1) is 0 Å². The number of carboxylic acid groups (broad SMARTS) is 1. The average Bonchev–Trinajstić information content (AvgIpc) is 2.01. The third kappa shape index (κ3) is 2.99. The number of nitrogens with one attached hydrogen (secondary N) is 1. The van der Waals surface area contributed by atoms with Crippen LogP contribution in [-0.2, 0) is 4.79 Å². The van der Waals surface area contributed by atoms with Crippen molar-refractivity contribution in [2.75, 3.05) is 13.1 Å². The number of hydrogen-bond acceptors (Lipinski definition) is 2. The zero-order chi connectivity index (χ0) is 9.73. The quantitative estimate of drug-likeness (QED) is 0.618. The van der Waals surface area contributed by atoms with Crippen LogP contribution in [0.3, 0.4) is 0 Å². The Morgan fingerprint density at radius 1 is 1.54 bits per heavy atom. The van der Waals surface area contributed by atoms with Crippen LogP contribution in [0.15, 0.2) is 0 Å². The van der Waals surface area contributed by atoms with Crippen molar-refractivity contribution in [3.63, 3.8) is 0 Å². The summed E-state index contributed by atoms with van der Waals surface area (Å²) in [6.45, 7) is 3.83. The van der Waals surface area contributed by atoms with E-state index in [-0.39, 0.29) is 6.42 Å². The van der Waals surface area contributed by atoms with Crippen molar-refractivity contribution >= 4 is 5.97 Å². The molecule has 0 unspecified atom stereocenters. The third-order valence-electron chi connectivity index (χ3n) is 3.18. The van der Waals surface area contributed by atoms with Gasteiger partial charge in [0.2, 0.25) is 0 Å². The fourth-order valence-electron chi connectivity index (χ4n) is 1.88. The SMILES string of the molecule is CCC1(CNCCC(=O)O)CCC1. The van der Waals surface area contributed by atoms with Gasteiger partial charge >= 0.3 is 5.97 Å². The second-order valence-corrected chi connectivity index (χ2v) is 4.03. The molecule has 76 valence electrons. The predicted octanol–water partition coefficient (Wildman–Crippen LogP) is 1.63. The molecule has 0 aromatic heterocycles. The Bertz CT molecular complexity index is 170. The first-order chi connectivity index (χ1) is 6.18. The number of carbonyl (C=O) groups is 1. The molecule has 0 aliphatic heterocycles. The zero-order valence-corrected chi connectivity index (χ0v) is 8.31. The molecule has 1 rings (SSSR count). The van der Waals surface area contributed by atoms with Crippen molar-refractivity contribution in [2.24, 2.45) is 5.41 Å². The topological polar surface area (TPSA) is 49.3 Å². The van der Waals surface area contributed by atoms with Crippen LogP contribution in [0.5, 0.6) is 0 Å². The van der Waals surface area contributed by atoms with Crippen LogP contribution in [0, 0.1) is 5.41 Å². The number of carboxylic acids is 1. The molecule has 0 amide bonds. The van der Waals surface area contributed by atoms with E-state index in [1.165, 1.54) is 25.7 Å². The molecule has 3 heteroatoms. The molecule has 1 saturated carbocycles. The van der Waals surface area contributed by atoms with E-state index in [9.17, 15) is 4.79 Å². The monoisotopic (exact) mass is 185 g/mol. The molecule has 0 atom stereocenters. The standard InChI is InChI=1S/C10H19NO2/c1-2-10(5-3-6-10)8-11-7-4-9(12)13/h11H,2-8H2,1H3,(H,12,13). The van der Waals surface area contributed by atoms with E-state index in [2.05, 4.69) is 12.2 Å². The van der Waals surface area contributed by atoms with E-state index in [1.807, 2.05) is 0 Å². The highest BCUT2D eigenvalue weighted by Crippen LogP contribution is 2.42. The molecule has 0 heterocycles. The minimum absolute atomic E-state index is 0.236. The number of aliphatic carboxylic acids is 1. The molecule has 1 aliphatic carbocycles. The lowest BCUT2D eigenvalue weighted by molar-refractivity contribution is -0.136. The number of hydrogen-bond donors (Lipinski definition) is 2. The Balaban J connectivity index is 2.07. The Kier molecular flexibility index (Phi) is 3.72. The van der Waals surface area contributed by atoms with Crippen LogP contribution in [0.4, 0.5) is 0 Å². The van der Waals surface area contributed by atoms with Gasteiger partial charge in [0, 0.05) is 13.1 Å². The van der Waals surface area contributed by atoms with Crippen LogP contribution >= 0.6 is 0 Å². The van der Waals surface area contributed by atoms with Crippen molar-refractivity contribution in [1.82, 2.24) is 5.32 Å². The molecule has 2 N–H and O–H groups in total. The molecule has 0 spiro atoms.